The molecule has 0 aromatic heterocycles. The van der Waals surface area contributed by atoms with Crippen LogP contribution in [0.5, 0.6) is 0 Å². The summed E-state index contributed by atoms with van der Waals surface area (Å²) >= 11 is 0. The maximum Gasteiger partial charge on any atom is 0.253 e. The van der Waals surface area contributed by atoms with Gasteiger partial charge in [0.05, 0.1) is 0 Å². The molecule has 0 bridgehead atoms. The van der Waals surface area contributed by atoms with Gasteiger partial charge >= 0.3 is 0 Å². The number of hydrogen-bond donors (Lipinski definition) is 1. The van der Waals surface area contributed by atoms with Crippen LogP contribution >= 0.6 is 0 Å². The lowest BCUT2D eigenvalue weighted by Crippen LogP contribution is -2.26. The van der Waals surface area contributed by atoms with Crippen molar-refractivity contribution in [1.82, 2.24) is 4.90 Å². The van der Waals surface area contributed by atoms with Crippen molar-refractivity contribution in [3.63, 3.8) is 0 Å². The Morgan fingerprint density at radius 3 is 2.27 bits per heavy atom. The first-order valence-electron chi connectivity index (χ1n) is 4.47. The van der Waals surface area contributed by atoms with Gasteiger partial charge in [-0.1, -0.05) is 0 Å². The van der Waals surface area contributed by atoms with Crippen LogP contribution in [0.2, 0.25) is 0 Å². The standard InChI is InChI=1S/C10H12F2N2O/c1-3-14(2)10(15)6-4-7(11)9(13)8(12)5-6/h4-5H,3,13H2,1-2H3. The van der Waals surface area contributed by atoms with Crippen molar-refractivity contribution in [3.05, 3.63) is 29.3 Å². The number of carbonyl (C=O) groups is 1. The first-order chi connectivity index (χ1) is 6.97. The summed E-state index contributed by atoms with van der Waals surface area (Å²) in [6.45, 7) is 2.23. The Morgan fingerprint density at radius 1 is 1.40 bits per heavy atom. The second-order valence-electron chi connectivity index (χ2n) is 3.17. The van der Waals surface area contributed by atoms with E-state index in [-0.39, 0.29) is 5.56 Å². The molecule has 0 aliphatic carbocycles. The minimum Gasteiger partial charge on any atom is -0.394 e. The van der Waals surface area contributed by atoms with Crippen LogP contribution < -0.4 is 5.73 Å². The molecule has 2 N–H and O–H groups in total. The molecule has 0 saturated heterocycles. The number of nitrogens with zero attached hydrogens (tertiary/aromatic N) is 1. The number of amides is 1. The number of rotatable bonds is 2. The normalized spacial score (nSPS) is 10.1. The van der Waals surface area contributed by atoms with Crippen LogP contribution in [0.3, 0.4) is 0 Å². The smallest absolute Gasteiger partial charge is 0.253 e. The Labute approximate surface area is 86.5 Å². The Bertz CT molecular complexity index is 370. The van der Waals surface area contributed by atoms with Crippen molar-refractivity contribution < 1.29 is 13.6 Å². The predicted octanol–water partition coefficient (Wildman–Crippen LogP) is 1.64. The van der Waals surface area contributed by atoms with Gasteiger partial charge in [-0.2, -0.15) is 0 Å². The highest BCUT2D eigenvalue weighted by molar-refractivity contribution is 5.94. The van der Waals surface area contributed by atoms with Crippen molar-refractivity contribution in [2.24, 2.45) is 0 Å². The molecule has 15 heavy (non-hydrogen) atoms. The van der Waals surface area contributed by atoms with Gasteiger partial charge in [-0.25, -0.2) is 8.78 Å². The zero-order valence-electron chi connectivity index (χ0n) is 8.55. The molecule has 0 aliphatic heterocycles. The molecule has 5 heteroatoms. The molecule has 1 aromatic rings. The van der Waals surface area contributed by atoms with Crippen LogP contribution in [0.4, 0.5) is 14.5 Å². The van der Waals surface area contributed by atoms with Crippen molar-refractivity contribution in [3.8, 4) is 0 Å². The number of halogens is 2. The summed E-state index contributed by atoms with van der Waals surface area (Å²) in [6, 6.07) is 1.87. The van der Waals surface area contributed by atoms with Crippen LogP contribution in [0.1, 0.15) is 17.3 Å². The third-order valence-corrected chi connectivity index (χ3v) is 2.15. The van der Waals surface area contributed by atoms with Gasteiger partial charge in [0.1, 0.15) is 17.3 Å². The summed E-state index contributed by atoms with van der Waals surface area (Å²) in [5.74, 6) is -2.26. The Morgan fingerprint density at radius 2 is 1.87 bits per heavy atom. The van der Waals surface area contributed by atoms with E-state index < -0.39 is 23.2 Å². The largest absolute Gasteiger partial charge is 0.394 e. The van der Waals surface area contributed by atoms with E-state index in [0.29, 0.717) is 6.54 Å². The van der Waals surface area contributed by atoms with E-state index in [1.54, 1.807) is 14.0 Å². The van der Waals surface area contributed by atoms with E-state index in [1.807, 2.05) is 0 Å². The Hall–Kier alpha value is -1.65. The minimum atomic E-state index is -0.914. The van der Waals surface area contributed by atoms with Gasteiger partial charge in [0, 0.05) is 19.2 Å². The molecule has 82 valence electrons. The Kier molecular flexibility index (Phi) is 3.24. The molecule has 1 rings (SSSR count). The molecular formula is C10H12F2N2O. The van der Waals surface area contributed by atoms with Crippen molar-refractivity contribution in [1.29, 1.82) is 0 Å². The van der Waals surface area contributed by atoms with E-state index >= 15 is 0 Å². The van der Waals surface area contributed by atoms with Crippen LogP contribution in [0, 0.1) is 11.6 Å². The molecule has 0 fully saturated rings. The van der Waals surface area contributed by atoms with Gasteiger partial charge in [-0.3, -0.25) is 4.79 Å². The third kappa shape index (κ3) is 2.23. The lowest BCUT2D eigenvalue weighted by molar-refractivity contribution is 0.0801. The van der Waals surface area contributed by atoms with Gasteiger partial charge in [0.15, 0.2) is 0 Å². The maximum absolute atomic E-state index is 13.0. The number of nitrogens with two attached hydrogens (primary N) is 1. The quantitative estimate of drug-likeness (QED) is 0.761. The van der Waals surface area contributed by atoms with Crippen LogP contribution in [-0.4, -0.2) is 24.4 Å². The molecule has 1 aromatic carbocycles. The summed E-state index contributed by atoms with van der Waals surface area (Å²) in [5.41, 5.74) is 4.48. The fraction of sp³-hybridized carbons (Fsp3) is 0.300. The molecule has 1 amide bonds. The van der Waals surface area contributed by atoms with Crippen LogP contribution in [0.15, 0.2) is 12.1 Å². The highest BCUT2D eigenvalue weighted by Gasteiger charge is 2.15. The van der Waals surface area contributed by atoms with E-state index in [9.17, 15) is 13.6 Å². The van der Waals surface area contributed by atoms with Gasteiger partial charge in [-0.15, -0.1) is 0 Å². The first kappa shape index (κ1) is 11.4. The molecule has 0 saturated carbocycles. The second kappa shape index (κ2) is 4.25. The average molecular weight is 214 g/mol. The van der Waals surface area contributed by atoms with Crippen molar-refractivity contribution in [2.45, 2.75) is 6.92 Å². The number of nitrogen functional groups attached to an aromatic ring is 1. The van der Waals surface area contributed by atoms with Crippen molar-refractivity contribution >= 4 is 11.6 Å². The summed E-state index contributed by atoms with van der Waals surface area (Å²) in [6.07, 6.45) is 0. The first-order valence-corrected chi connectivity index (χ1v) is 4.47. The molecule has 0 spiro atoms. The zero-order valence-corrected chi connectivity index (χ0v) is 8.55. The molecular weight excluding hydrogens is 202 g/mol. The van der Waals surface area contributed by atoms with Gasteiger partial charge < -0.3 is 10.6 Å². The molecule has 0 atom stereocenters. The number of benzene rings is 1. The lowest BCUT2D eigenvalue weighted by Gasteiger charge is -2.14. The molecule has 0 heterocycles. The van der Waals surface area contributed by atoms with Crippen LogP contribution in [-0.2, 0) is 0 Å². The van der Waals surface area contributed by atoms with Crippen molar-refractivity contribution in [2.75, 3.05) is 19.3 Å². The molecule has 0 aliphatic rings. The third-order valence-electron chi connectivity index (χ3n) is 2.15. The fourth-order valence-electron chi connectivity index (χ4n) is 1.07. The molecule has 0 unspecified atom stereocenters. The van der Waals surface area contributed by atoms with Gasteiger partial charge in [0.2, 0.25) is 0 Å². The number of anilines is 1. The Balaban J connectivity index is 3.12. The zero-order chi connectivity index (χ0) is 11.6. The highest BCUT2D eigenvalue weighted by Crippen LogP contribution is 2.18. The topological polar surface area (TPSA) is 46.3 Å². The average Bonchev–Trinajstić information content (AvgIpc) is 2.23. The monoisotopic (exact) mass is 214 g/mol. The maximum atomic E-state index is 13.0. The molecule has 3 nitrogen and oxygen atoms in total. The number of hydrogen-bond acceptors (Lipinski definition) is 2. The second-order valence-corrected chi connectivity index (χ2v) is 3.17. The van der Waals surface area contributed by atoms with E-state index in [0.717, 1.165) is 12.1 Å². The van der Waals surface area contributed by atoms with E-state index in [2.05, 4.69) is 0 Å². The lowest BCUT2D eigenvalue weighted by atomic mass is 10.1. The predicted molar refractivity (Wildman–Crippen MR) is 53.4 cm³/mol. The minimum absolute atomic E-state index is 0.0384. The summed E-state index contributed by atoms with van der Waals surface area (Å²) < 4.78 is 26.1. The SMILES string of the molecule is CCN(C)C(=O)c1cc(F)c(N)c(F)c1. The van der Waals surface area contributed by atoms with Gasteiger partial charge in [0.25, 0.3) is 5.91 Å². The highest BCUT2D eigenvalue weighted by atomic mass is 19.1. The van der Waals surface area contributed by atoms with E-state index in [1.165, 1.54) is 4.90 Å². The molecule has 0 radical (unpaired) electrons. The van der Waals surface area contributed by atoms with Gasteiger partial charge in [-0.05, 0) is 19.1 Å². The summed E-state index contributed by atoms with van der Waals surface area (Å²) in [7, 11) is 1.55. The van der Waals surface area contributed by atoms with Crippen LogP contribution in [0.25, 0.3) is 0 Å². The number of carbonyl (C=O) groups excluding carboxylic acids is 1. The summed E-state index contributed by atoms with van der Waals surface area (Å²) in [5, 5.41) is 0. The fourth-order valence-corrected chi connectivity index (χ4v) is 1.07. The van der Waals surface area contributed by atoms with E-state index in [4.69, 9.17) is 5.73 Å². The summed E-state index contributed by atoms with van der Waals surface area (Å²) in [4.78, 5) is 12.9.